The number of aryl methyl sites for hydroxylation is 3. The van der Waals surface area contributed by atoms with Crippen LogP contribution >= 0.6 is 0 Å². The average molecular weight is 245 g/mol. The Kier molecular flexibility index (Phi) is 3.19. The van der Waals surface area contributed by atoms with Crippen molar-refractivity contribution in [3.8, 4) is 11.3 Å². The molecule has 0 fully saturated rings. The summed E-state index contributed by atoms with van der Waals surface area (Å²) in [5.41, 5.74) is 3.45. The molecular formula is C14H15NO3. The van der Waals surface area contributed by atoms with Crippen molar-refractivity contribution in [1.82, 2.24) is 5.16 Å². The number of carbonyl (C=O) groups is 1. The van der Waals surface area contributed by atoms with Crippen molar-refractivity contribution in [2.24, 2.45) is 0 Å². The minimum Gasteiger partial charge on any atom is -0.477 e. The maximum absolute atomic E-state index is 11.3. The van der Waals surface area contributed by atoms with Gasteiger partial charge in [-0.1, -0.05) is 29.8 Å². The van der Waals surface area contributed by atoms with E-state index in [0.717, 1.165) is 16.7 Å². The molecule has 1 heterocycles. The van der Waals surface area contributed by atoms with Gasteiger partial charge in [-0.3, -0.25) is 0 Å². The summed E-state index contributed by atoms with van der Waals surface area (Å²) >= 11 is 0. The number of carboxylic acids is 1. The maximum atomic E-state index is 11.3. The number of aromatic carboxylic acids is 1. The van der Waals surface area contributed by atoms with Crippen molar-refractivity contribution in [2.75, 3.05) is 0 Å². The summed E-state index contributed by atoms with van der Waals surface area (Å²) in [6.45, 7) is 5.74. The second-order valence-electron chi connectivity index (χ2n) is 4.31. The molecule has 0 aliphatic rings. The molecular weight excluding hydrogens is 230 g/mol. The number of hydrogen-bond acceptors (Lipinski definition) is 3. The first-order chi connectivity index (χ1) is 8.54. The first-order valence-corrected chi connectivity index (χ1v) is 5.84. The van der Waals surface area contributed by atoms with Crippen molar-refractivity contribution in [2.45, 2.75) is 27.2 Å². The van der Waals surface area contributed by atoms with E-state index in [-0.39, 0.29) is 5.56 Å². The molecule has 0 bridgehead atoms. The van der Waals surface area contributed by atoms with E-state index in [1.807, 2.05) is 39.0 Å². The summed E-state index contributed by atoms with van der Waals surface area (Å²) in [5.74, 6) is -0.581. The predicted molar refractivity (Wildman–Crippen MR) is 67.8 cm³/mol. The van der Waals surface area contributed by atoms with Crippen LogP contribution in [0.5, 0.6) is 0 Å². The molecule has 18 heavy (non-hydrogen) atoms. The van der Waals surface area contributed by atoms with Gasteiger partial charge in [0.05, 0.1) is 0 Å². The molecule has 0 unspecified atom stereocenters. The van der Waals surface area contributed by atoms with Crippen molar-refractivity contribution >= 4 is 5.97 Å². The normalized spacial score (nSPS) is 10.6. The molecule has 0 atom stereocenters. The third kappa shape index (κ3) is 2.01. The average Bonchev–Trinajstić information content (AvgIpc) is 2.75. The van der Waals surface area contributed by atoms with Gasteiger partial charge >= 0.3 is 5.97 Å². The van der Waals surface area contributed by atoms with Crippen LogP contribution in [0.3, 0.4) is 0 Å². The third-order valence-electron chi connectivity index (χ3n) is 2.95. The Bertz CT molecular complexity index is 599. The lowest BCUT2D eigenvalue weighted by Crippen LogP contribution is -2.01. The van der Waals surface area contributed by atoms with Gasteiger partial charge in [0.25, 0.3) is 0 Å². The van der Waals surface area contributed by atoms with Gasteiger partial charge in [0, 0.05) is 12.0 Å². The lowest BCUT2D eigenvalue weighted by Gasteiger charge is -2.04. The van der Waals surface area contributed by atoms with Gasteiger partial charge in [-0.25, -0.2) is 4.79 Å². The monoisotopic (exact) mass is 245 g/mol. The van der Waals surface area contributed by atoms with Crippen LogP contribution < -0.4 is 0 Å². The number of carboxylic acid groups (broad SMARTS) is 1. The lowest BCUT2D eigenvalue weighted by atomic mass is 9.99. The summed E-state index contributed by atoms with van der Waals surface area (Å²) in [5, 5.41) is 13.2. The van der Waals surface area contributed by atoms with Gasteiger partial charge < -0.3 is 9.63 Å². The molecule has 1 aromatic carbocycles. The third-order valence-corrected chi connectivity index (χ3v) is 2.95. The quantitative estimate of drug-likeness (QED) is 0.901. The Balaban J connectivity index is 2.67. The number of hydrogen-bond donors (Lipinski definition) is 1. The Morgan fingerprint density at radius 1 is 1.39 bits per heavy atom. The van der Waals surface area contributed by atoms with E-state index < -0.39 is 5.97 Å². The van der Waals surface area contributed by atoms with Crippen molar-refractivity contribution in [1.29, 1.82) is 0 Å². The first-order valence-electron chi connectivity index (χ1n) is 5.84. The molecule has 0 aliphatic carbocycles. The van der Waals surface area contributed by atoms with Crippen LogP contribution in [-0.4, -0.2) is 16.2 Å². The molecule has 4 nitrogen and oxygen atoms in total. The molecule has 1 aromatic heterocycles. The van der Waals surface area contributed by atoms with Crippen LogP contribution in [0.2, 0.25) is 0 Å². The molecule has 0 saturated heterocycles. The van der Waals surface area contributed by atoms with E-state index in [1.54, 1.807) is 0 Å². The summed E-state index contributed by atoms with van der Waals surface area (Å²) in [4.78, 5) is 11.3. The molecule has 0 amide bonds. The highest BCUT2D eigenvalue weighted by Crippen LogP contribution is 2.29. The summed E-state index contributed by atoms with van der Waals surface area (Å²) < 4.78 is 5.12. The second-order valence-corrected chi connectivity index (χ2v) is 4.31. The largest absolute Gasteiger partial charge is 0.477 e. The summed E-state index contributed by atoms with van der Waals surface area (Å²) in [6, 6.07) is 5.87. The van der Waals surface area contributed by atoms with Crippen LogP contribution in [-0.2, 0) is 6.42 Å². The molecule has 94 valence electrons. The SMILES string of the molecule is CCc1onc(-c2cc(C)ccc2C)c1C(=O)O. The Labute approximate surface area is 105 Å². The fraction of sp³-hybridized carbons (Fsp3) is 0.286. The first kappa shape index (κ1) is 12.4. The molecule has 0 spiro atoms. The molecule has 1 N–H and O–H groups in total. The van der Waals surface area contributed by atoms with Crippen molar-refractivity contribution < 1.29 is 14.4 Å². The van der Waals surface area contributed by atoms with Gasteiger partial charge in [-0.15, -0.1) is 0 Å². The molecule has 2 rings (SSSR count). The molecule has 0 saturated carbocycles. The Morgan fingerprint density at radius 3 is 2.72 bits per heavy atom. The molecule has 0 aliphatic heterocycles. The zero-order valence-electron chi connectivity index (χ0n) is 10.7. The van der Waals surface area contributed by atoms with Gasteiger partial charge in [-0.05, 0) is 25.5 Å². The topological polar surface area (TPSA) is 63.3 Å². The highest BCUT2D eigenvalue weighted by molar-refractivity contribution is 5.96. The predicted octanol–water partition coefficient (Wildman–Crippen LogP) is 3.22. The smallest absolute Gasteiger partial charge is 0.341 e. The van der Waals surface area contributed by atoms with Gasteiger partial charge in [-0.2, -0.15) is 0 Å². The zero-order valence-corrected chi connectivity index (χ0v) is 10.7. The van der Waals surface area contributed by atoms with Gasteiger partial charge in [0.2, 0.25) is 0 Å². The zero-order chi connectivity index (χ0) is 13.3. The fourth-order valence-electron chi connectivity index (χ4n) is 1.96. The van der Waals surface area contributed by atoms with Crippen LogP contribution in [0.15, 0.2) is 22.7 Å². The second kappa shape index (κ2) is 4.64. The van der Waals surface area contributed by atoms with E-state index in [9.17, 15) is 9.90 Å². The van der Waals surface area contributed by atoms with Crippen molar-refractivity contribution in [3.63, 3.8) is 0 Å². The van der Waals surface area contributed by atoms with E-state index in [2.05, 4.69) is 5.16 Å². The van der Waals surface area contributed by atoms with Crippen LogP contribution in [0.4, 0.5) is 0 Å². The summed E-state index contributed by atoms with van der Waals surface area (Å²) in [7, 11) is 0. The van der Waals surface area contributed by atoms with E-state index in [1.165, 1.54) is 0 Å². The maximum Gasteiger partial charge on any atom is 0.341 e. The number of aromatic nitrogens is 1. The molecule has 2 aromatic rings. The number of rotatable bonds is 3. The van der Waals surface area contributed by atoms with E-state index in [0.29, 0.717) is 17.9 Å². The Hall–Kier alpha value is -2.10. The van der Waals surface area contributed by atoms with Crippen LogP contribution in [0.1, 0.15) is 34.2 Å². The number of nitrogens with zero attached hydrogens (tertiary/aromatic N) is 1. The summed E-state index contributed by atoms with van der Waals surface area (Å²) in [6.07, 6.45) is 0.513. The van der Waals surface area contributed by atoms with E-state index in [4.69, 9.17) is 4.52 Å². The molecule has 0 radical (unpaired) electrons. The highest BCUT2D eigenvalue weighted by Gasteiger charge is 2.23. The van der Waals surface area contributed by atoms with E-state index >= 15 is 0 Å². The minimum absolute atomic E-state index is 0.172. The lowest BCUT2D eigenvalue weighted by molar-refractivity contribution is 0.0695. The van der Waals surface area contributed by atoms with Crippen LogP contribution in [0.25, 0.3) is 11.3 Å². The van der Waals surface area contributed by atoms with Crippen molar-refractivity contribution in [3.05, 3.63) is 40.6 Å². The van der Waals surface area contributed by atoms with Crippen LogP contribution in [0, 0.1) is 13.8 Å². The fourth-order valence-corrected chi connectivity index (χ4v) is 1.96. The molecule has 4 heteroatoms. The van der Waals surface area contributed by atoms with Gasteiger partial charge in [0.15, 0.2) is 5.76 Å². The number of benzene rings is 1. The minimum atomic E-state index is -0.996. The Morgan fingerprint density at radius 2 is 2.11 bits per heavy atom. The standard InChI is InChI=1S/C14H15NO3/c1-4-11-12(14(16)17)13(15-18-11)10-7-8(2)5-6-9(10)3/h5-7H,4H2,1-3H3,(H,16,17). The highest BCUT2D eigenvalue weighted by atomic mass is 16.5. The van der Waals surface area contributed by atoms with Gasteiger partial charge in [0.1, 0.15) is 11.3 Å².